The molecule has 0 saturated carbocycles. The number of hydrogen-bond donors (Lipinski definition) is 1. The van der Waals surface area contributed by atoms with Crippen molar-refractivity contribution in [3.63, 3.8) is 0 Å². The number of carbonyl (C=O) groups is 2. The molecule has 1 amide bonds. The summed E-state index contributed by atoms with van der Waals surface area (Å²) in [4.78, 5) is 31.7. The Morgan fingerprint density at radius 1 is 1.17 bits per heavy atom. The molecule has 2 aromatic heterocycles. The number of carbonyl (C=O) groups excluding carboxylic acids is 2. The second kappa shape index (κ2) is 7.73. The first-order valence-electron chi connectivity index (χ1n) is 9.92. The number of furan rings is 1. The van der Waals surface area contributed by atoms with Crippen LogP contribution in [0.2, 0.25) is 0 Å². The van der Waals surface area contributed by atoms with Crippen LogP contribution >= 0.6 is 11.8 Å². The van der Waals surface area contributed by atoms with Gasteiger partial charge in [0.05, 0.1) is 12.3 Å². The number of piperidine rings is 1. The van der Waals surface area contributed by atoms with Gasteiger partial charge in [-0.1, -0.05) is 42.1 Å². The topological polar surface area (TPSA) is 107 Å². The first-order chi connectivity index (χ1) is 14.6. The number of nitrogens with zero attached hydrogens (tertiary/aromatic N) is 4. The highest BCUT2D eigenvalue weighted by atomic mass is 32.2. The van der Waals surface area contributed by atoms with Crippen molar-refractivity contribution < 1.29 is 14.0 Å². The summed E-state index contributed by atoms with van der Waals surface area (Å²) in [5.41, 5.74) is 6.57. The summed E-state index contributed by atoms with van der Waals surface area (Å²) in [7, 11) is 0. The van der Waals surface area contributed by atoms with Crippen molar-refractivity contribution in [3.8, 4) is 11.6 Å². The first-order valence-corrected chi connectivity index (χ1v) is 10.8. The maximum atomic E-state index is 13.3. The predicted octanol–water partition coefficient (Wildman–Crippen LogP) is 2.59. The number of thioether (sulfide) groups is 1. The molecule has 0 spiro atoms. The van der Waals surface area contributed by atoms with E-state index in [1.807, 2.05) is 30.3 Å². The van der Waals surface area contributed by atoms with E-state index in [1.165, 1.54) is 16.4 Å². The Kier molecular flexibility index (Phi) is 4.92. The molecule has 1 aromatic carbocycles. The van der Waals surface area contributed by atoms with Crippen molar-refractivity contribution in [2.45, 2.75) is 29.3 Å². The van der Waals surface area contributed by atoms with E-state index in [1.54, 1.807) is 18.4 Å². The Balaban J connectivity index is 1.43. The second-order valence-electron chi connectivity index (χ2n) is 7.55. The van der Waals surface area contributed by atoms with Crippen LogP contribution in [0.4, 0.5) is 0 Å². The monoisotopic (exact) mass is 423 g/mol. The van der Waals surface area contributed by atoms with Crippen LogP contribution in [0.5, 0.6) is 0 Å². The molecule has 154 valence electrons. The number of nitrogens with two attached hydrogens (primary N) is 1. The summed E-state index contributed by atoms with van der Waals surface area (Å²) in [6.45, 7) is 1.43. The molecule has 2 atom stereocenters. The van der Waals surface area contributed by atoms with Crippen molar-refractivity contribution in [1.82, 2.24) is 19.7 Å². The van der Waals surface area contributed by atoms with Crippen molar-refractivity contribution in [3.05, 3.63) is 54.3 Å². The Morgan fingerprint density at radius 3 is 2.57 bits per heavy atom. The van der Waals surface area contributed by atoms with E-state index in [0.29, 0.717) is 42.7 Å². The lowest BCUT2D eigenvalue weighted by atomic mass is 9.92. The van der Waals surface area contributed by atoms with Crippen LogP contribution in [-0.2, 0) is 4.79 Å². The number of benzene rings is 1. The Morgan fingerprint density at radius 2 is 1.93 bits per heavy atom. The third-order valence-electron chi connectivity index (χ3n) is 5.76. The van der Waals surface area contributed by atoms with E-state index in [0.717, 1.165) is 5.56 Å². The normalized spacial score (nSPS) is 20.9. The summed E-state index contributed by atoms with van der Waals surface area (Å²) < 4.78 is 6.74. The minimum atomic E-state index is -0.363. The van der Waals surface area contributed by atoms with Crippen LogP contribution in [0.15, 0.2) is 58.3 Å². The van der Waals surface area contributed by atoms with E-state index in [2.05, 4.69) is 15.0 Å². The molecule has 4 heterocycles. The lowest BCUT2D eigenvalue weighted by molar-refractivity contribution is -0.123. The average Bonchev–Trinajstić information content (AvgIpc) is 3.49. The van der Waals surface area contributed by atoms with E-state index in [4.69, 9.17) is 10.2 Å². The van der Waals surface area contributed by atoms with E-state index < -0.39 is 0 Å². The fourth-order valence-electron chi connectivity index (χ4n) is 4.20. The van der Waals surface area contributed by atoms with Crippen molar-refractivity contribution >= 4 is 23.6 Å². The van der Waals surface area contributed by atoms with E-state index >= 15 is 0 Å². The van der Waals surface area contributed by atoms with Crippen LogP contribution in [0, 0.1) is 5.92 Å². The van der Waals surface area contributed by atoms with Crippen LogP contribution in [0.1, 0.15) is 29.2 Å². The largest absolute Gasteiger partial charge is 0.461 e. The molecule has 0 bridgehead atoms. The molecule has 1 saturated heterocycles. The van der Waals surface area contributed by atoms with Gasteiger partial charge in [0.25, 0.3) is 5.91 Å². The van der Waals surface area contributed by atoms with Gasteiger partial charge in [0.1, 0.15) is 5.25 Å². The highest BCUT2D eigenvalue weighted by Crippen LogP contribution is 2.42. The quantitative estimate of drug-likeness (QED) is 0.672. The lowest BCUT2D eigenvalue weighted by Gasteiger charge is -2.38. The number of amides is 1. The van der Waals surface area contributed by atoms with Crippen LogP contribution in [0.3, 0.4) is 0 Å². The lowest BCUT2D eigenvalue weighted by Crippen LogP contribution is -2.45. The van der Waals surface area contributed by atoms with Crippen molar-refractivity contribution in [2.75, 3.05) is 13.1 Å². The molecule has 0 radical (unpaired) electrons. The third kappa shape index (κ3) is 3.33. The maximum Gasteiger partial charge on any atom is 0.264 e. The molecule has 2 aliphatic heterocycles. The summed E-state index contributed by atoms with van der Waals surface area (Å²) >= 11 is 1.43. The van der Waals surface area contributed by atoms with Gasteiger partial charge in [-0.2, -0.15) is 9.67 Å². The number of hydrogen-bond acceptors (Lipinski definition) is 7. The second-order valence-corrected chi connectivity index (χ2v) is 8.66. The minimum absolute atomic E-state index is 0.0915. The smallest absolute Gasteiger partial charge is 0.264 e. The molecule has 30 heavy (non-hydrogen) atoms. The SMILES string of the molecule is NC(=O)C1CCN(C(c2ccccc2)C2Sc3nc(-c4ccco4)nn3C2=O)CC1. The molecule has 8 nitrogen and oxygen atoms in total. The van der Waals surface area contributed by atoms with Gasteiger partial charge in [-0.05, 0) is 43.6 Å². The first kappa shape index (κ1) is 19.1. The predicted molar refractivity (Wildman–Crippen MR) is 111 cm³/mol. The molecule has 2 N–H and O–H groups in total. The molecule has 1 fully saturated rings. The summed E-state index contributed by atoms with van der Waals surface area (Å²) in [5.74, 6) is 0.513. The third-order valence-corrected chi connectivity index (χ3v) is 6.95. The van der Waals surface area contributed by atoms with Gasteiger partial charge in [0.15, 0.2) is 10.9 Å². The molecule has 2 aliphatic rings. The highest BCUT2D eigenvalue weighted by Gasteiger charge is 2.44. The number of primary amides is 1. The van der Waals surface area contributed by atoms with Gasteiger partial charge in [-0.3, -0.25) is 14.5 Å². The molecule has 0 aliphatic carbocycles. The van der Waals surface area contributed by atoms with Crippen molar-refractivity contribution in [2.24, 2.45) is 11.7 Å². The zero-order valence-electron chi connectivity index (χ0n) is 16.2. The van der Waals surface area contributed by atoms with E-state index in [9.17, 15) is 9.59 Å². The molecular weight excluding hydrogens is 402 g/mol. The van der Waals surface area contributed by atoms with Crippen LogP contribution in [0.25, 0.3) is 11.6 Å². The van der Waals surface area contributed by atoms with Gasteiger partial charge in [-0.15, -0.1) is 5.10 Å². The fourth-order valence-corrected chi connectivity index (χ4v) is 5.46. The molecule has 3 aromatic rings. The molecule has 2 unspecified atom stereocenters. The molecular formula is C21H21N5O3S. The fraction of sp³-hybridized carbons (Fsp3) is 0.333. The summed E-state index contributed by atoms with van der Waals surface area (Å²) in [5, 5.41) is 4.59. The zero-order valence-corrected chi connectivity index (χ0v) is 17.0. The summed E-state index contributed by atoms with van der Waals surface area (Å²) in [6, 6.07) is 13.4. The Labute approximate surface area is 177 Å². The van der Waals surface area contributed by atoms with Crippen LogP contribution in [-0.4, -0.2) is 49.8 Å². The number of fused-ring (bicyclic) bond motifs is 1. The molecule has 9 heteroatoms. The highest BCUT2D eigenvalue weighted by molar-refractivity contribution is 8.00. The Hall–Kier alpha value is -2.91. The molecule has 5 rings (SSSR count). The van der Waals surface area contributed by atoms with Crippen LogP contribution < -0.4 is 5.73 Å². The number of rotatable bonds is 5. The number of aromatic nitrogens is 3. The zero-order chi connectivity index (χ0) is 20.7. The number of likely N-dealkylation sites (tertiary alicyclic amines) is 1. The average molecular weight is 423 g/mol. The minimum Gasteiger partial charge on any atom is -0.461 e. The van der Waals surface area contributed by atoms with Gasteiger partial charge in [-0.25, -0.2) is 0 Å². The van der Waals surface area contributed by atoms with Gasteiger partial charge in [0.2, 0.25) is 11.7 Å². The Bertz CT molecular complexity index is 1060. The van der Waals surface area contributed by atoms with E-state index in [-0.39, 0.29) is 29.0 Å². The summed E-state index contributed by atoms with van der Waals surface area (Å²) in [6.07, 6.45) is 2.96. The standard InChI is InChI=1S/C21H21N5O3S/c22-18(27)14-8-10-25(11-9-14)16(13-5-2-1-3-6-13)17-20(28)26-21(30-17)23-19(24-26)15-7-4-12-29-15/h1-7,12,14,16-17H,8-11H2,(H2,22,27). The van der Waals surface area contributed by atoms with Gasteiger partial charge in [0, 0.05) is 5.92 Å². The van der Waals surface area contributed by atoms with Gasteiger partial charge < -0.3 is 10.2 Å². The maximum absolute atomic E-state index is 13.3. The van der Waals surface area contributed by atoms with Crippen molar-refractivity contribution in [1.29, 1.82) is 0 Å². The van der Waals surface area contributed by atoms with Gasteiger partial charge >= 0.3 is 0 Å².